The Bertz CT molecular complexity index is 343. The first-order valence-corrected chi connectivity index (χ1v) is 4.84. The Morgan fingerprint density at radius 1 is 1.25 bits per heavy atom. The summed E-state index contributed by atoms with van der Waals surface area (Å²) < 4.78 is 10.2. The third-order valence-corrected chi connectivity index (χ3v) is 2.02. The molecule has 0 amide bonds. The molecule has 1 aromatic rings. The molecular weight excluding hydrogens is 210 g/mol. The molecule has 1 rings (SSSR count). The SMILES string of the molecule is COc1cc(NCCC(=O)O)cc(OC)c1. The van der Waals surface area contributed by atoms with E-state index in [1.807, 2.05) is 0 Å². The van der Waals surface area contributed by atoms with Gasteiger partial charge in [-0.25, -0.2) is 0 Å². The van der Waals surface area contributed by atoms with Gasteiger partial charge in [0.1, 0.15) is 11.5 Å². The van der Waals surface area contributed by atoms with Gasteiger partial charge in [-0.3, -0.25) is 4.79 Å². The van der Waals surface area contributed by atoms with Crippen molar-refractivity contribution >= 4 is 11.7 Å². The van der Waals surface area contributed by atoms with Crippen LogP contribution in [0, 0.1) is 0 Å². The molecule has 0 unspecified atom stereocenters. The van der Waals surface area contributed by atoms with E-state index in [2.05, 4.69) is 5.32 Å². The number of hydrogen-bond donors (Lipinski definition) is 2. The standard InChI is InChI=1S/C11H15NO4/c1-15-9-5-8(6-10(7-9)16-2)12-4-3-11(13)14/h5-7,12H,3-4H2,1-2H3,(H,13,14). The monoisotopic (exact) mass is 225 g/mol. The molecule has 0 aliphatic carbocycles. The van der Waals surface area contributed by atoms with Crippen molar-refractivity contribution in [2.24, 2.45) is 0 Å². The highest BCUT2D eigenvalue weighted by Crippen LogP contribution is 2.25. The fraction of sp³-hybridized carbons (Fsp3) is 0.364. The molecule has 0 radical (unpaired) electrons. The molecule has 1 aromatic carbocycles. The molecule has 0 heterocycles. The summed E-state index contributed by atoms with van der Waals surface area (Å²) in [6.07, 6.45) is 0.0690. The molecule has 0 saturated heterocycles. The van der Waals surface area contributed by atoms with Crippen LogP contribution in [0.25, 0.3) is 0 Å². The molecule has 0 aliphatic heterocycles. The van der Waals surface area contributed by atoms with E-state index in [4.69, 9.17) is 14.6 Å². The Kier molecular flexibility index (Phi) is 4.44. The first-order chi connectivity index (χ1) is 7.65. The third-order valence-electron chi connectivity index (χ3n) is 2.02. The van der Waals surface area contributed by atoms with Crippen LogP contribution < -0.4 is 14.8 Å². The fourth-order valence-electron chi connectivity index (χ4n) is 1.22. The predicted molar refractivity (Wildman–Crippen MR) is 60.3 cm³/mol. The number of aliphatic carboxylic acids is 1. The highest BCUT2D eigenvalue weighted by Gasteiger charge is 2.02. The quantitative estimate of drug-likeness (QED) is 0.769. The molecule has 0 fully saturated rings. The van der Waals surface area contributed by atoms with E-state index in [0.717, 1.165) is 5.69 Å². The van der Waals surface area contributed by atoms with Crippen molar-refractivity contribution in [3.63, 3.8) is 0 Å². The molecule has 2 N–H and O–H groups in total. The van der Waals surface area contributed by atoms with Crippen molar-refractivity contribution < 1.29 is 19.4 Å². The minimum Gasteiger partial charge on any atom is -0.497 e. The number of ether oxygens (including phenoxy) is 2. The van der Waals surface area contributed by atoms with Gasteiger partial charge in [0.05, 0.1) is 20.6 Å². The van der Waals surface area contributed by atoms with Crippen LogP contribution in [0.3, 0.4) is 0 Å². The van der Waals surface area contributed by atoms with Gasteiger partial charge in [-0.05, 0) is 0 Å². The minimum atomic E-state index is -0.831. The lowest BCUT2D eigenvalue weighted by Gasteiger charge is -2.09. The van der Waals surface area contributed by atoms with Crippen LogP contribution in [0.15, 0.2) is 18.2 Å². The molecule has 0 atom stereocenters. The zero-order chi connectivity index (χ0) is 12.0. The number of nitrogens with one attached hydrogen (secondary N) is 1. The van der Waals surface area contributed by atoms with E-state index in [1.165, 1.54) is 0 Å². The Labute approximate surface area is 94.0 Å². The van der Waals surface area contributed by atoms with Crippen molar-refractivity contribution in [1.82, 2.24) is 0 Å². The van der Waals surface area contributed by atoms with Gasteiger partial charge in [0, 0.05) is 30.4 Å². The number of carboxylic acid groups (broad SMARTS) is 1. The Hall–Kier alpha value is -1.91. The van der Waals surface area contributed by atoms with Crippen LogP contribution in [0.4, 0.5) is 5.69 Å². The van der Waals surface area contributed by atoms with Gasteiger partial charge in [0.2, 0.25) is 0 Å². The van der Waals surface area contributed by atoms with Gasteiger partial charge in [0.15, 0.2) is 0 Å². The van der Waals surface area contributed by atoms with E-state index in [9.17, 15) is 4.79 Å². The molecule has 0 aliphatic rings. The lowest BCUT2D eigenvalue weighted by Crippen LogP contribution is -2.07. The number of hydrogen-bond acceptors (Lipinski definition) is 4. The molecule has 88 valence electrons. The molecule has 5 heteroatoms. The molecule has 0 aromatic heterocycles. The van der Waals surface area contributed by atoms with Crippen LogP contribution in [-0.2, 0) is 4.79 Å². The van der Waals surface area contributed by atoms with Crippen molar-refractivity contribution in [2.45, 2.75) is 6.42 Å². The molecule has 5 nitrogen and oxygen atoms in total. The summed E-state index contributed by atoms with van der Waals surface area (Å²) in [6, 6.07) is 5.32. The van der Waals surface area contributed by atoms with E-state index >= 15 is 0 Å². The van der Waals surface area contributed by atoms with Crippen molar-refractivity contribution in [2.75, 3.05) is 26.1 Å². The van der Waals surface area contributed by atoms with E-state index in [1.54, 1.807) is 32.4 Å². The highest BCUT2D eigenvalue weighted by atomic mass is 16.5. The number of anilines is 1. The zero-order valence-electron chi connectivity index (χ0n) is 9.32. The average Bonchev–Trinajstić information content (AvgIpc) is 2.28. The summed E-state index contributed by atoms with van der Waals surface area (Å²) in [7, 11) is 3.13. The zero-order valence-corrected chi connectivity index (χ0v) is 9.32. The second-order valence-corrected chi connectivity index (χ2v) is 3.17. The molecular formula is C11H15NO4. The van der Waals surface area contributed by atoms with Gasteiger partial charge in [-0.1, -0.05) is 0 Å². The van der Waals surface area contributed by atoms with Gasteiger partial charge >= 0.3 is 5.97 Å². The topological polar surface area (TPSA) is 67.8 Å². The maximum Gasteiger partial charge on any atom is 0.305 e. The van der Waals surface area contributed by atoms with Crippen LogP contribution in [0.1, 0.15) is 6.42 Å². The number of rotatable bonds is 6. The van der Waals surface area contributed by atoms with E-state index in [0.29, 0.717) is 18.0 Å². The summed E-state index contributed by atoms with van der Waals surface area (Å²) in [5.74, 6) is 0.497. The molecule has 16 heavy (non-hydrogen) atoms. The van der Waals surface area contributed by atoms with Crippen LogP contribution in [-0.4, -0.2) is 31.8 Å². The van der Waals surface area contributed by atoms with E-state index in [-0.39, 0.29) is 6.42 Å². The first kappa shape index (κ1) is 12.2. The Balaban J connectivity index is 2.67. The van der Waals surface area contributed by atoms with Gasteiger partial charge < -0.3 is 19.9 Å². The largest absolute Gasteiger partial charge is 0.497 e. The van der Waals surface area contributed by atoms with Crippen molar-refractivity contribution in [3.05, 3.63) is 18.2 Å². The smallest absolute Gasteiger partial charge is 0.305 e. The van der Waals surface area contributed by atoms with Crippen molar-refractivity contribution in [3.8, 4) is 11.5 Å². The summed E-state index contributed by atoms with van der Waals surface area (Å²) in [4.78, 5) is 10.3. The first-order valence-electron chi connectivity index (χ1n) is 4.84. The number of carboxylic acids is 1. The summed E-state index contributed by atoms with van der Waals surface area (Å²) in [5, 5.41) is 11.5. The normalized spacial score (nSPS) is 9.62. The van der Waals surface area contributed by atoms with Gasteiger partial charge in [0.25, 0.3) is 0 Å². The second-order valence-electron chi connectivity index (χ2n) is 3.17. The maximum absolute atomic E-state index is 10.3. The van der Waals surface area contributed by atoms with Crippen molar-refractivity contribution in [1.29, 1.82) is 0 Å². The Morgan fingerprint density at radius 3 is 2.25 bits per heavy atom. The van der Waals surface area contributed by atoms with Gasteiger partial charge in [-0.2, -0.15) is 0 Å². The second kappa shape index (κ2) is 5.85. The lowest BCUT2D eigenvalue weighted by molar-refractivity contribution is -0.136. The number of carbonyl (C=O) groups is 1. The minimum absolute atomic E-state index is 0.0690. The lowest BCUT2D eigenvalue weighted by atomic mass is 10.2. The maximum atomic E-state index is 10.3. The fourth-order valence-corrected chi connectivity index (χ4v) is 1.22. The summed E-state index contributed by atoms with van der Waals surface area (Å²) in [6.45, 7) is 0.367. The van der Waals surface area contributed by atoms with Gasteiger partial charge in [-0.15, -0.1) is 0 Å². The van der Waals surface area contributed by atoms with Crippen LogP contribution in [0.2, 0.25) is 0 Å². The summed E-state index contributed by atoms with van der Waals surface area (Å²) in [5.41, 5.74) is 0.775. The Morgan fingerprint density at radius 2 is 1.81 bits per heavy atom. The highest BCUT2D eigenvalue weighted by molar-refractivity contribution is 5.67. The number of methoxy groups -OCH3 is 2. The molecule has 0 spiro atoms. The van der Waals surface area contributed by atoms with Crippen LogP contribution >= 0.6 is 0 Å². The molecule has 0 saturated carbocycles. The predicted octanol–water partition coefficient (Wildman–Crippen LogP) is 1.59. The van der Waals surface area contributed by atoms with E-state index < -0.39 is 5.97 Å². The third kappa shape index (κ3) is 3.68. The number of benzene rings is 1. The summed E-state index contributed by atoms with van der Waals surface area (Å²) >= 11 is 0. The molecule has 0 bridgehead atoms. The van der Waals surface area contributed by atoms with Crippen LogP contribution in [0.5, 0.6) is 11.5 Å². The average molecular weight is 225 g/mol.